The van der Waals surface area contributed by atoms with Crippen LogP contribution in [0, 0.1) is 29.6 Å². The highest BCUT2D eigenvalue weighted by molar-refractivity contribution is 5.11. The van der Waals surface area contributed by atoms with Crippen molar-refractivity contribution in [3.05, 3.63) is 11.6 Å². The molecule has 2 unspecified atom stereocenters. The van der Waals surface area contributed by atoms with E-state index >= 15 is 0 Å². The molecule has 1 fully saturated rings. The standard InChI is InChI=1S/C15H26O/c1-10-4-6-13-11(2)5-7-14(12(3)9-16)15(13)8-10/h8,11-16H,4-7,9H2,1-3H3/t11-,12?,13+,14?,15+/m1/s1. The van der Waals surface area contributed by atoms with Crippen molar-refractivity contribution in [1.82, 2.24) is 0 Å². The summed E-state index contributed by atoms with van der Waals surface area (Å²) in [7, 11) is 0. The van der Waals surface area contributed by atoms with Crippen molar-refractivity contribution in [3.8, 4) is 0 Å². The van der Waals surface area contributed by atoms with Crippen molar-refractivity contribution >= 4 is 0 Å². The van der Waals surface area contributed by atoms with E-state index in [1.807, 2.05) is 0 Å². The molecule has 2 rings (SSSR count). The van der Waals surface area contributed by atoms with E-state index in [-0.39, 0.29) is 0 Å². The number of hydrogen-bond donors (Lipinski definition) is 1. The second-order valence-electron chi connectivity index (χ2n) is 6.17. The second kappa shape index (κ2) is 4.91. The van der Waals surface area contributed by atoms with Crippen LogP contribution in [0.4, 0.5) is 0 Å². The largest absolute Gasteiger partial charge is 0.396 e. The first kappa shape index (κ1) is 12.2. The lowest BCUT2D eigenvalue weighted by Crippen LogP contribution is -2.38. The fourth-order valence-corrected chi connectivity index (χ4v) is 3.89. The van der Waals surface area contributed by atoms with E-state index in [0.717, 1.165) is 23.7 Å². The average molecular weight is 222 g/mol. The van der Waals surface area contributed by atoms with Gasteiger partial charge >= 0.3 is 0 Å². The Balaban J connectivity index is 2.18. The lowest BCUT2D eigenvalue weighted by atomic mass is 9.60. The molecule has 1 nitrogen and oxygen atoms in total. The van der Waals surface area contributed by atoms with E-state index in [0.29, 0.717) is 12.5 Å². The molecule has 1 heteroatoms. The summed E-state index contributed by atoms with van der Waals surface area (Å²) in [6.07, 6.45) is 7.88. The lowest BCUT2D eigenvalue weighted by Gasteiger charge is -2.45. The van der Waals surface area contributed by atoms with Gasteiger partial charge in [0, 0.05) is 6.61 Å². The SMILES string of the molecule is CC1=C[C@@H]2C(C(C)CO)CC[C@@H](C)[C@@H]2CC1. The molecule has 92 valence electrons. The van der Waals surface area contributed by atoms with Crippen LogP contribution in [-0.2, 0) is 0 Å². The van der Waals surface area contributed by atoms with Crippen LogP contribution in [0.3, 0.4) is 0 Å². The molecule has 0 aromatic carbocycles. The Hall–Kier alpha value is -0.300. The van der Waals surface area contributed by atoms with Gasteiger partial charge in [-0.15, -0.1) is 0 Å². The predicted molar refractivity (Wildman–Crippen MR) is 68.1 cm³/mol. The van der Waals surface area contributed by atoms with Gasteiger partial charge in [-0.25, -0.2) is 0 Å². The van der Waals surface area contributed by atoms with Crippen LogP contribution in [0.5, 0.6) is 0 Å². The van der Waals surface area contributed by atoms with Crippen molar-refractivity contribution in [3.63, 3.8) is 0 Å². The Bertz CT molecular complexity index is 269. The zero-order valence-corrected chi connectivity index (χ0v) is 10.9. The normalized spacial score (nSPS) is 41.1. The summed E-state index contributed by atoms with van der Waals surface area (Å²) in [5.74, 6) is 3.72. The van der Waals surface area contributed by atoms with Crippen molar-refractivity contribution in [2.75, 3.05) is 6.61 Å². The Labute approximate surface area is 99.9 Å². The van der Waals surface area contributed by atoms with Crippen LogP contribution in [-0.4, -0.2) is 11.7 Å². The van der Waals surface area contributed by atoms with Gasteiger partial charge in [0.2, 0.25) is 0 Å². The first-order chi connectivity index (χ1) is 7.63. The topological polar surface area (TPSA) is 20.2 Å². The van der Waals surface area contributed by atoms with E-state index in [1.54, 1.807) is 5.57 Å². The number of aliphatic hydroxyl groups excluding tert-OH is 1. The molecule has 1 N–H and O–H groups in total. The van der Waals surface area contributed by atoms with Gasteiger partial charge in [0.05, 0.1) is 0 Å². The minimum Gasteiger partial charge on any atom is -0.396 e. The van der Waals surface area contributed by atoms with Crippen molar-refractivity contribution in [1.29, 1.82) is 0 Å². The highest BCUT2D eigenvalue weighted by Crippen LogP contribution is 2.47. The van der Waals surface area contributed by atoms with E-state index in [1.165, 1.54) is 25.7 Å². The highest BCUT2D eigenvalue weighted by atomic mass is 16.3. The Morgan fingerprint density at radius 1 is 1.38 bits per heavy atom. The summed E-state index contributed by atoms with van der Waals surface area (Å²) >= 11 is 0. The molecule has 0 radical (unpaired) electrons. The maximum absolute atomic E-state index is 9.39. The van der Waals surface area contributed by atoms with Crippen LogP contribution in [0.25, 0.3) is 0 Å². The number of allylic oxidation sites excluding steroid dienone is 2. The summed E-state index contributed by atoms with van der Waals surface area (Å²) in [5.41, 5.74) is 1.57. The molecule has 0 bridgehead atoms. The monoisotopic (exact) mass is 222 g/mol. The summed E-state index contributed by atoms with van der Waals surface area (Å²) < 4.78 is 0. The van der Waals surface area contributed by atoms with Crippen molar-refractivity contribution in [2.45, 2.75) is 46.5 Å². The number of aliphatic hydroxyl groups is 1. The number of fused-ring (bicyclic) bond motifs is 1. The summed E-state index contributed by atoms with van der Waals surface area (Å²) in [4.78, 5) is 0. The summed E-state index contributed by atoms with van der Waals surface area (Å²) in [6.45, 7) is 7.27. The van der Waals surface area contributed by atoms with Gasteiger partial charge in [-0.1, -0.05) is 31.9 Å². The second-order valence-corrected chi connectivity index (χ2v) is 6.17. The summed E-state index contributed by atoms with van der Waals surface area (Å²) in [6, 6.07) is 0. The Kier molecular flexibility index (Phi) is 3.73. The quantitative estimate of drug-likeness (QED) is 0.707. The molecule has 2 aliphatic rings. The first-order valence-electron chi connectivity index (χ1n) is 6.91. The predicted octanol–water partition coefficient (Wildman–Crippen LogP) is 3.63. The van der Waals surface area contributed by atoms with Gasteiger partial charge in [0.15, 0.2) is 0 Å². The van der Waals surface area contributed by atoms with Crippen LogP contribution in [0.2, 0.25) is 0 Å². The van der Waals surface area contributed by atoms with Crippen LogP contribution in [0.15, 0.2) is 11.6 Å². The fourth-order valence-electron chi connectivity index (χ4n) is 3.89. The van der Waals surface area contributed by atoms with Crippen LogP contribution in [0.1, 0.15) is 46.5 Å². The van der Waals surface area contributed by atoms with Gasteiger partial charge in [0.25, 0.3) is 0 Å². The van der Waals surface area contributed by atoms with Crippen molar-refractivity contribution < 1.29 is 5.11 Å². The minimum atomic E-state index is 0.356. The molecule has 0 saturated heterocycles. The van der Waals surface area contributed by atoms with E-state index < -0.39 is 0 Å². The fraction of sp³-hybridized carbons (Fsp3) is 0.867. The van der Waals surface area contributed by atoms with Gasteiger partial charge in [-0.2, -0.15) is 0 Å². The molecule has 5 atom stereocenters. The third kappa shape index (κ3) is 2.20. The maximum atomic E-state index is 9.39. The molecule has 0 spiro atoms. The van der Waals surface area contributed by atoms with Crippen LogP contribution >= 0.6 is 0 Å². The first-order valence-corrected chi connectivity index (χ1v) is 6.91. The van der Waals surface area contributed by atoms with E-state index in [4.69, 9.17) is 0 Å². The van der Waals surface area contributed by atoms with E-state index in [2.05, 4.69) is 26.8 Å². The molecular weight excluding hydrogens is 196 g/mol. The molecule has 0 amide bonds. The molecule has 1 saturated carbocycles. The van der Waals surface area contributed by atoms with Gasteiger partial charge in [-0.3, -0.25) is 0 Å². The highest BCUT2D eigenvalue weighted by Gasteiger charge is 2.39. The average Bonchev–Trinajstić information content (AvgIpc) is 2.28. The van der Waals surface area contributed by atoms with Crippen LogP contribution < -0.4 is 0 Å². The Morgan fingerprint density at radius 2 is 2.12 bits per heavy atom. The lowest BCUT2D eigenvalue weighted by molar-refractivity contribution is 0.0590. The third-order valence-electron chi connectivity index (χ3n) is 5.04. The molecule has 16 heavy (non-hydrogen) atoms. The molecular formula is C15H26O. The maximum Gasteiger partial charge on any atom is 0.0459 e. The molecule has 0 aromatic heterocycles. The molecule has 0 heterocycles. The van der Waals surface area contributed by atoms with Gasteiger partial charge in [-0.05, 0) is 55.8 Å². The minimum absolute atomic E-state index is 0.356. The zero-order valence-electron chi connectivity index (χ0n) is 10.9. The van der Waals surface area contributed by atoms with E-state index in [9.17, 15) is 5.11 Å². The van der Waals surface area contributed by atoms with Gasteiger partial charge < -0.3 is 5.11 Å². The summed E-state index contributed by atoms with van der Waals surface area (Å²) in [5, 5.41) is 9.39. The number of rotatable bonds is 2. The smallest absolute Gasteiger partial charge is 0.0459 e. The Morgan fingerprint density at radius 3 is 2.81 bits per heavy atom. The number of hydrogen-bond acceptors (Lipinski definition) is 1. The molecule has 0 aromatic rings. The molecule has 0 aliphatic heterocycles. The van der Waals surface area contributed by atoms with Crippen molar-refractivity contribution in [2.24, 2.45) is 29.6 Å². The molecule has 2 aliphatic carbocycles. The zero-order chi connectivity index (χ0) is 11.7. The van der Waals surface area contributed by atoms with Gasteiger partial charge in [0.1, 0.15) is 0 Å². The third-order valence-corrected chi connectivity index (χ3v) is 5.04.